The van der Waals surface area contributed by atoms with Crippen LogP contribution >= 0.6 is 0 Å². The zero-order valence-electron chi connectivity index (χ0n) is 10.1. The summed E-state index contributed by atoms with van der Waals surface area (Å²) in [4.78, 5) is 11.2. The Morgan fingerprint density at radius 1 is 1.44 bits per heavy atom. The molecule has 1 rings (SSSR count). The van der Waals surface area contributed by atoms with Crippen LogP contribution in [0.5, 0.6) is 5.75 Å². The van der Waals surface area contributed by atoms with Crippen LogP contribution < -0.4 is 0 Å². The van der Waals surface area contributed by atoms with Crippen molar-refractivity contribution in [2.24, 2.45) is 0 Å². The minimum absolute atomic E-state index is 0.0385. The number of aryl methyl sites for hydroxylation is 1. The van der Waals surface area contributed by atoms with Gasteiger partial charge in [-0.15, -0.1) is 0 Å². The highest BCUT2D eigenvalue weighted by molar-refractivity contribution is 5.75. The number of carbonyl (C=O) groups excluding carboxylic acids is 1. The van der Waals surface area contributed by atoms with Crippen molar-refractivity contribution in [3.05, 3.63) is 29.1 Å². The third kappa shape index (κ3) is 2.96. The maximum Gasteiger partial charge on any atom is 0.338 e. The molecule has 0 bridgehead atoms. The quantitative estimate of drug-likeness (QED) is 0.695. The molecule has 0 fully saturated rings. The Morgan fingerprint density at radius 3 is 2.61 bits per heavy atom. The topological polar surface area (TPSA) is 87.0 Å². The van der Waals surface area contributed by atoms with Gasteiger partial charge in [0.1, 0.15) is 17.7 Å². The second-order valence-corrected chi connectivity index (χ2v) is 3.80. The molecule has 100 valence electrons. The van der Waals surface area contributed by atoms with Crippen LogP contribution in [0.3, 0.4) is 0 Å². The molecule has 0 heterocycles. The average molecular weight is 258 g/mol. The zero-order valence-corrected chi connectivity index (χ0v) is 10.1. The zero-order chi connectivity index (χ0) is 13.9. The van der Waals surface area contributed by atoms with Gasteiger partial charge in [0, 0.05) is 5.56 Å². The van der Waals surface area contributed by atoms with Crippen LogP contribution in [0.4, 0.5) is 4.39 Å². The number of phenolic OH excluding ortho intramolecular Hbond substituents is 1. The molecule has 0 aromatic heterocycles. The molecular weight excluding hydrogens is 243 g/mol. The number of aliphatic hydroxyl groups is 2. The van der Waals surface area contributed by atoms with Crippen LogP contribution in [0.15, 0.2) is 12.1 Å². The first-order valence-electron chi connectivity index (χ1n) is 5.40. The summed E-state index contributed by atoms with van der Waals surface area (Å²) in [5.74, 6) is -2.09. The molecule has 6 heteroatoms. The smallest absolute Gasteiger partial charge is 0.338 e. The van der Waals surface area contributed by atoms with Gasteiger partial charge < -0.3 is 20.1 Å². The van der Waals surface area contributed by atoms with E-state index in [9.17, 15) is 24.5 Å². The second-order valence-electron chi connectivity index (χ2n) is 3.80. The highest BCUT2D eigenvalue weighted by atomic mass is 19.1. The van der Waals surface area contributed by atoms with Gasteiger partial charge in [-0.05, 0) is 31.5 Å². The van der Waals surface area contributed by atoms with Gasteiger partial charge in [0.15, 0.2) is 6.10 Å². The molecule has 1 aromatic carbocycles. The monoisotopic (exact) mass is 258 g/mol. The number of phenols is 1. The number of hydrogen-bond donors (Lipinski definition) is 3. The van der Waals surface area contributed by atoms with Crippen molar-refractivity contribution in [2.45, 2.75) is 26.1 Å². The van der Waals surface area contributed by atoms with Crippen molar-refractivity contribution in [1.29, 1.82) is 0 Å². The van der Waals surface area contributed by atoms with Crippen LogP contribution in [-0.2, 0) is 9.53 Å². The molecule has 1 aromatic rings. The largest absolute Gasteiger partial charge is 0.507 e. The van der Waals surface area contributed by atoms with Crippen LogP contribution in [0.2, 0.25) is 0 Å². The first-order chi connectivity index (χ1) is 8.38. The normalized spacial score (nSPS) is 14.1. The lowest BCUT2D eigenvalue weighted by atomic mass is 10.0. The summed E-state index contributed by atoms with van der Waals surface area (Å²) in [6.45, 7) is 3.02. The van der Waals surface area contributed by atoms with E-state index < -0.39 is 24.0 Å². The number of hydrogen-bond acceptors (Lipinski definition) is 5. The summed E-state index contributed by atoms with van der Waals surface area (Å²) in [5, 5.41) is 28.9. The van der Waals surface area contributed by atoms with Crippen molar-refractivity contribution in [1.82, 2.24) is 0 Å². The lowest BCUT2D eigenvalue weighted by Crippen LogP contribution is -2.30. The fourth-order valence-electron chi connectivity index (χ4n) is 1.51. The molecule has 0 spiro atoms. The molecular formula is C12H15FO5. The third-order valence-electron chi connectivity index (χ3n) is 2.44. The van der Waals surface area contributed by atoms with Gasteiger partial charge in [-0.25, -0.2) is 9.18 Å². The van der Waals surface area contributed by atoms with Crippen LogP contribution in [0.25, 0.3) is 0 Å². The maximum absolute atomic E-state index is 13.2. The molecule has 0 saturated heterocycles. The third-order valence-corrected chi connectivity index (χ3v) is 2.44. The summed E-state index contributed by atoms with van der Waals surface area (Å²) in [7, 11) is 0. The SMILES string of the molecule is CCOC(=O)C(O)C(O)c1cc(F)cc(C)c1O. The molecule has 2 atom stereocenters. The number of aliphatic hydroxyl groups excluding tert-OH is 2. The van der Waals surface area contributed by atoms with Gasteiger partial charge in [-0.3, -0.25) is 0 Å². The number of rotatable bonds is 4. The number of aromatic hydroxyl groups is 1. The predicted octanol–water partition coefficient (Wildman–Crippen LogP) is 0.797. The fourth-order valence-corrected chi connectivity index (χ4v) is 1.51. The Kier molecular flexibility index (Phi) is 4.63. The standard InChI is InChI=1S/C12H15FO5/c1-3-18-12(17)11(16)10(15)8-5-7(13)4-6(2)9(8)14/h4-5,10-11,14-16H,3H2,1-2H3. The summed E-state index contributed by atoms with van der Waals surface area (Å²) in [6.07, 6.45) is -3.63. The van der Waals surface area contributed by atoms with Gasteiger partial charge in [0.05, 0.1) is 6.61 Å². The van der Waals surface area contributed by atoms with E-state index in [2.05, 4.69) is 4.74 Å². The van der Waals surface area contributed by atoms with E-state index >= 15 is 0 Å². The number of carbonyl (C=O) groups is 1. The molecule has 0 aliphatic carbocycles. The molecule has 3 N–H and O–H groups in total. The van der Waals surface area contributed by atoms with Gasteiger partial charge in [-0.1, -0.05) is 0 Å². The first-order valence-corrected chi connectivity index (χ1v) is 5.40. The van der Waals surface area contributed by atoms with E-state index in [1.54, 1.807) is 6.92 Å². The van der Waals surface area contributed by atoms with Crippen molar-refractivity contribution in [2.75, 3.05) is 6.61 Å². The van der Waals surface area contributed by atoms with E-state index in [0.717, 1.165) is 12.1 Å². The van der Waals surface area contributed by atoms with Gasteiger partial charge in [0.2, 0.25) is 0 Å². The van der Waals surface area contributed by atoms with Crippen LogP contribution in [-0.4, -0.2) is 34.0 Å². The maximum atomic E-state index is 13.2. The minimum Gasteiger partial charge on any atom is -0.507 e. The molecule has 18 heavy (non-hydrogen) atoms. The number of benzene rings is 1. The highest BCUT2D eigenvalue weighted by Gasteiger charge is 2.29. The Labute approximate surface area is 103 Å². The van der Waals surface area contributed by atoms with Crippen LogP contribution in [0.1, 0.15) is 24.2 Å². The van der Waals surface area contributed by atoms with E-state index in [1.807, 2.05) is 0 Å². The summed E-state index contributed by atoms with van der Waals surface area (Å²) in [5.41, 5.74) is -0.0619. The van der Waals surface area contributed by atoms with Gasteiger partial charge in [0.25, 0.3) is 0 Å². The average Bonchev–Trinajstić information content (AvgIpc) is 2.32. The van der Waals surface area contributed by atoms with E-state index in [1.165, 1.54) is 6.92 Å². The first kappa shape index (κ1) is 14.4. The van der Waals surface area contributed by atoms with Crippen molar-refractivity contribution in [3.63, 3.8) is 0 Å². The number of halogens is 1. The van der Waals surface area contributed by atoms with Crippen molar-refractivity contribution >= 4 is 5.97 Å². The molecule has 0 radical (unpaired) electrons. The summed E-state index contributed by atoms with van der Waals surface area (Å²) >= 11 is 0. The molecule has 5 nitrogen and oxygen atoms in total. The van der Waals surface area contributed by atoms with E-state index in [-0.39, 0.29) is 23.5 Å². The molecule has 0 aliphatic rings. The molecule has 0 amide bonds. The number of ether oxygens (including phenoxy) is 1. The Balaban J connectivity index is 3.03. The van der Waals surface area contributed by atoms with Crippen molar-refractivity contribution in [3.8, 4) is 5.75 Å². The molecule has 0 saturated carbocycles. The molecule has 2 unspecified atom stereocenters. The summed E-state index contributed by atoms with van der Waals surface area (Å²) < 4.78 is 17.7. The highest BCUT2D eigenvalue weighted by Crippen LogP contribution is 2.30. The number of esters is 1. The van der Waals surface area contributed by atoms with Crippen LogP contribution in [0, 0.1) is 12.7 Å². The second kappa shape index (κ2) is 5.79. The Bertz CT molecular complexity index is 446. The lowest BCUT2D eigenvalue weighted by Gasteiger charge is -2.18. The Morgan fingerprint density at radius 2 is 2.06 bits per heavy atom. The van der Waals surface area contributed by atoms with Crippen molar-refractivity contribution < 1.29 is 29.2 Å². The lowest BCUT2D eigenvalue weighted by molar-refractivity contribution is -0.159. The van der Waals surface area contributed by atoms with Gasteiger partial charge >= 0.3 is 5.97 Å². The van der Waals surface area contributed by atoms with Gasteiger partial charge in [-0.2, -0.15) is 0 Å². The van der Waals surface area contributed by atoms with E-state index in [4.69, 9.17) is 0 Å². The Hall–Kier alpha value is -1.66. The minimum atomic E-state index is -1.88. The molecule has 0 aliphatic heterocycles. The van der Waals surface area contributed by atoms with E-state index in [0.29, 0.717) is 0 Å². The summed E-state index contributed by atoms with van der Waals surface area (Å²) in [6, 6.07) is 1.93. The predicted molar refractivity (Wildman–Crippen MR) is 60.4 cm³/mol. The fraction of sp³-hybridized carbons (Fsp3) is 0.417.